The highest BCUT2D eigenvalue weighted by atomic mass is 16.5. The Hall–Kier alpha value is -0.300. The predicted octanol–water partition coefficient (Wildman–Crippen LogP) is 3.40. The molecule has 0 heterocycles. The maximum Gasteiger partial charge on any atom is 0.0649 e. The van der Waals surface area contributed by atoms with Crippen molar-refractivity contribution in [1.82, 2.24) is 0 Å². The molecule has 0 saturated heterocycles. The molecule has 1 nitrogen and oxygen atoms in total. The lowest BCUT2D eigenvalue weighted by atomic mass is 9.95. The Labute approximate surface area is 76.8 Å². The van der Waals surface area contributed by atoms with Gasteiger partial charge in [0.15, 0.2) is 0 Å². The molecule has 0 aliphatic heterocycles. The average Bonchev–Trinajstić information content (AvgIpc) is 1.85. The van der Waals surface area contributed by atoms with Crippen molar-refractivity contribution in [2.45, 2.75) is 46.6 Å². The fourth-order valence-electron chi connectivity index (χ4n) is 0.655. The van der Waals surface area contributed by atoms with E-state index >= 15 is 0 Å². The Kier molecular flexibility index (Phi) is 4.54. The molecule has 72 valence electrons. The average molecular weight is 170 g/mol. The number of rotatable bonds is 5. The molecule has 12 heavy (non-hydrogen) atoms. The van der Waals surface area contributed by atoms with Crippen molar-refractivity contribution in [3.05, 3.63) is 12.2 Å². The maximum absolute atomic E-state index is 5.74. The molecule has 1 heteroatoms. The molecule has 0 saturated carbocycles. The number of hydrogen-bond donors (Lipinski definition) is 0. The summed E-state index contributed by atoms with van der Waals surface area (Å²) in [7, 11) is 0. The van der Waals surface area contributed by atoms with E-state index in [1.54, 1.807) is 0 Å². The summed E-state index contributed by atoms with van der Waals surface area (Å²) in [6, 6.07) is 0. The Bertz CT molecular complexity index is 145. The van der Waals surface area contributed by atoms with Crippen LogP contribution in [0.3, 0.4) is 0 Å². The molecule has 0 aromatic heterocycles. The van der Waals surface area contributed by atoms with Crippen LogP contribution >= 0.6 is 0 Å². The molecule has 0 radical (unpaired) electrons. The topological polar surface area (TPSA) is 9.23 Å². The standard InChI is InChI=1S/C11H22O/c1-9(2)7-8-12-11(5,6)10(3)4/h10H,1,7-8H2,2-6H3. The van der Waals surface area contributed by atoms with E-state index in [4.69, 9.17) is 4.74 Å². The zero-order chi connectivity index (χ0) is 9.78. The molecular formula is C11H22O. The van der Waals surface area contributed by atoms with Crippen LogP contribution in [0.2, 0.25) is 0 Å². The molecule has 0 amide bonds. The van der Waals surface area contributed by atoms with Gasteiger partial charge in [0.2, 0.25) is 0 Å². The van der Waals surface area contributed by atoms with Gasteiger partial charge in [-0.2, -0.15) is 0 Å². The second kappa shape index (κ2) is 4.66. The molecule has 0 aliphatic rings. The van der Waals surface area contributed by atoms with Gasteiger partial charge in [0.1, 0.15) is 0 Å². The molecule has 0 aromatic rings. The van der Waals surface area contributed by atoms with E-state index in [-0.39, 0.29) is 5.60 Å². The molecule has 0 fully saturated rings. The number of ether oxygens (including phenoxy) is 1. The summed E-state index contributed by atoms with van der Waals surface area (Å²) in [4.78, 5) is 0. The molecule has 0 rings (SSSR count). The molecular weight excluding hydrogens is 148 g/mol. The molecule has 0 aliphatic carbocycles. The second-order valence-electron chi connectivity index (χ2n) is 4.31. The van der Waals surface area contributed by atoms with Crippen molar-refractivity contribution < 1.29 is 4.74 Å². The zero-order valence-electron chi connectivity index (χ0n) is 9.11. The summed E-state index contributed by atoms with van der Waals surface area (Å²) in [6.45, 7) is 15.3. The minimum atomic E-state index is -0.00451. The van der Waals surface area contributed by atoms with Crippen LogP contribution in [0.1, 0.15) is 41.0 Å². The van der Waals surface area contributed by atoms with Crippen molar-refractivity contribution in [3.8, 4) is 0 Å². The molecule has 0 N–H and O–H groups in total. The predicted molar refractivity (Wildman–Crippen MR) is 54.3 cm³/mol. The van der Waals surface area contributed by atoms with E-state index in [0.717, 1.165) is 13.0 Å². The molecule has 0 spiro atoms. The third-order valence-electron chi connectivity index (χ3n) is 2.39. The van der Waals surface area contributed by atoms with Gasteiger partial charge in [0.05, 0.1) is 12.2 Å². The Morgan fingerprint density at radius 3 is 2.25 bits per heavy atom. The zero-order valence-corrected chi connectivity index (χ0v) is 9.11. The fraction of sp³-hybridized carbons (Fsp3) is 0.818. The summed E-state index contributed by atoms with van der Waals surface area (Å²) < 4.78 is 5.74. The van der Waals surface area contributed by atoms with E-state index < -0.39 is 0 Å². The highest BCUT2D eigenvalue weighted by Crippen LogP contribution is 2.20. The van der Waals surface area contributed by atoms with Crippen LogP contribution in [0, 0.1) is 5.92 Å². The second-order valence-corrected chi connectivity index (χ2v) is 4.31. The van der Waals surface area contributed by atoms with Crippen molar-refractivity contribution >= 4 is 0 Å². The van der Waals surface area contributed by atoms with Crippen LogP contribution < -0.4 is 0 Å². The fourth-order valence-corrected chi connectivity index (χ4v) is 0.655. The summed E-state index contributed by atoms with van der Waals surface area (Å²) in [5.41, 5.74) is 1.18. The SMILES string of the molecule is C=C(C)CCOC(C)(C)C(C)C. The van der Waals surface area contributed by atoms with Gasteiger partial charge in [-0.05, 0) is 33.1 Å². The summed E-state index contributed by atoms with van der Waals surface area (Å²) >= 11 is 0. The van der Waals surface area contributed by atoms with Crippen molar-refractivity contribution in [2.75, 3.05) is 6.61 Å². The highest BCUT2D eigenvalue weighted by Gasteiger charge is 2.22. The molecule has 0 aromatic carbocycles. The minimum absolute atomic E-state index is 0.00451. The van der Waals surface area contributed by atoms with Crippen molar-refractivity contribution in [1.29, 1.82) is 0 Å². The Morgan fingerprint density at radius 1 is 1.42 bits per heavy atom. The monoisotopic (exact) mass is 170 g/mol. The maximum atomic E-state index is 5.74. The lowest BCUT2D eigenvalue weighted by Crippen LogP contribution is -2.31. The van der Waals surface area contributed by atoms with Gasteiger partial charge in [0, 0.05) is 0 Å². The smallest absolute Gasteiger partial charge is 0.0649 e. The van der Waals surface area contributed by atoms with Gasteiger partial charge in [-0.3, -0.25) is 0 Å². The summed E-state index contributed by atoms with van der Waals surface area (Å²) in [5.74, 6) is 0.558. The van der Waals surface area contributed by atoms with Gasteiger partial charge >= 0.3 is 0 Å². The number of hydrogen-bond acceptors (Lipinski definition) is 1. The third kappa shape index (κ3) is 4.55. The van der Waals surface area contributed by atoms with Gasteiger partial charge in [-0.25, -0.2) is 0 Å². The van der Waals surface area contributed by atoms with E-state index in [1.807, 2.05) is 6.92 Å². The molecule has 0 bridgehead atoms. The first kappa shape index (κ1) is 11.7. The Morgan fingerprint density at radius 2 is 1.92 bits per heavy atom. The summed E-state index contributed by atoms with van der Waals surface area (Å²) in [5, 5.41) is 0. The first-order valence-electron chi connectivity index (χ1n) is 4.64. The van der Waals surface area contributed by atoms with Crippen LogP contribution in [-0.2, 0) is 4.74 Å². The van der Waals surface area contributed by atoms with Gasteiger partial charge < -0.3 is 4.74 Å². The largest absolute Gasteiger partial charge is 0.375 e. The van der Waals surface area contributed by atoms with E-state index in [0.29, 0.717) is 5.92 Å². The van der Waals surface area contributed by atoms with Crippen LogP contribution in [0.25, 0.3) is 0 Å². The van der Waals surface area contributed by atoms with Gasteiger partial charge in [-0.1, -0.05) is 19.4 Å². The highest BCUT2D eigenvalue weighted by molar-refractivity contribution is 4.87. The third-order valence-corrected chi connectivity index (χ3v) is 2.39. The first-order valence-corrected chi connectivity index (χ1v) is 4.64. The quantitative estimate of drug-likeness (QED) is 0.575. The van der Waals surface area contributed by atoms with Crippen molar-refractivity contribution in [2.24, 2.45) is 5.92 Å². The Balaban J connectivity index is 3.69. The van der Waals surface area contributed by atoms with Crippen LogP contribution in [0.5, 0.6) is 0 Å². The minimum Gasteiger partial charge on any atom is -0.375 e. The molecule has 0 atom stereocenters. The van der Waals surface area contributed by atoms with Crippen molar-refractivity contribution in [3.63, 3.8) is 0 Å². The first-order chi connectivity index (χ1) is 5.36. The van der Waals surface area contributed by atoms with Crippen LogP contribution in [0.4, 0.5) is 0 Å². The lowest BCUT2D eigenvalue weighted by Gasteiger charge is -2.29. The van der Waals surface area contributed by atoms with E-state index in [9.17, 15) is 0 Å². The van der Waals surface area contributed by atoms with E-state index in [1.165, 1.54) is 5.57 Å². The van der Waals surface area contributed by atoms with Gasteiger partial charge in [-0.15, -0.1) is 6.58 Å². The van der Waals surface area contributed by atoms with E-state index in [2.05, 4.69) is 34.3 Å². The van der Waals surface area contributed by atoms with Crippen LogP contribution in [-0.4, -0.2) is 12.2 Å². The van der Waals surface area contributed by atoms with Crippen LogP contribution in [0.15, 0.2) is 12.2 Å². The lowest BCUT2D eigenvalue weighted by molar-refractivity contribution is -0.0486. The normalized spacial score (nSPS) is 12.2. The summed E-state index contributed by atoms with van der Waals surface area (Å²) in [6.07, 6.45) is 0.968. The van der Waals surface area contributed by atoms with Gasteiger partial charge in [0.25, 0.3) is 0 Å². The molecule has 0 unspecified atom stereocenters.